The standard InChI is InChI=1S/C38H47ClF3N7O6/c1-21(2)29(31(51)35-48-47-34(55-35)23-12-14-24(15-13-23)38(40,41)42)45-33(53)27-10-9-19-49(27)36(54)30(22(3)4)44-28(50)11-7-8-17-37(5,6)46-32(52)26-20-25(39)16-18-43-26/h12-16,18,20-22,27,29-30H,7-11,17,19H2,1-6H3,(H,44,50)(H,45,53)(H,46,52)/t27-,29+,30+/m1/s1. The van der Waals surface area contributed by atoms with Crippen LogP contribution in [0.1, 0.15) is 107 Å². The SMILES string of the molecule is CC(C)[C@H](NC(=O)[C@H]1CCCN1C(=O)[C@@H](NC(=O)CCCCC(C)(C)NC(=O)c1cc(Cl)ccn1)C(C)C)C(=O)c1nnc(-c2ccc(C(F)(F)F)cc2)o1. The second-order valence-corrected chi connectivity index (χ2v) is 15.4. The molecule has 1 aliphatic rings. The molecule has 0 unspecified atom stereocenters. The van der Waals surface area contributed by atoms with Gasteiger partial charge >= 0.3 is 6.18 Å². The van der Waals surface area contributed by atoms with Gasteiger partial charge in [-0.2, -0.15) is 13.2 Å². The molecular weight excluding hydrogens is 743 g/mol. The van der Waals surface area contributed by atoms with E-state index in [1.54, 1.807) is 33.8 Å². The van der Waals surface area contributed by atoms with Crippen molar-refractivity contribution in [3.63, 3.8) is 0 Å². The molecule has 3 N–H and O–H groups in total. The van der Waals surface area contributed by atoms with E-state index in [0.717, 1.165) is 24.3 Å². The highest BCUT2D eigenvalue weighted by molar-refractivity contribution is 6.30. The summed E-state index contributed by atoms with van der Waals surface area (Å²) in [6.45, 7) is 11.0. The molecule has 0 radical (unpaired) electrons. The van der Waals surface area contributed by atoms with Crippen LogP contribution in [-0.2, 0) is 20.6 Å². The van der Waals surface area contributed by atoms with Crippen LogP contribution in [0.25, 0.3) is 11.5 Å². The van der Waals surface area contributed by atoms with Gasteiger partial charge in [-0.15, -0.1) is 10.2 Å². The summed E-state index contributed by atoms with van der Waals surface area (Å²) in [5.41, 5.74) is -1.06. The summed E-state index contributed by atoms with van der Waals surface area (Å²) >= 11 is 5.97. The Morgan fingerprint density at radius 2 is 1.62 bits per heavy atom. The van der Waals surface area contributed by atoms with Gasteiger partial charge in [-0.3, -0.25) is 29.0 Å². The first kappa shape index (κ1) is 42.9. The van der Waals surface area contributed by atoms with Crippen LogP contribution in [0.2, 0.25) is 5.02 Å². The van der Waals surface area contributed by atoms with Crippen molar-refractivity contribution >= 4 is 41.0 Å². The summed E-state index contributed by atoms with van der Waals surface area (Å²) in [5, 5.41) is 16.5. The Morgan fingerprint density at radius 3 is 2.24 bits per heavy atom. The van der Waals surface area contributed by atoms with Gasteiger partial charge < -0.3 is 25.3 Å². The van der Waals surface area contributed by atoms with Crippen LogP contribution in [0, 0.1) is 11.8 Å². The maximum Gasteiger partial charge on any atom is 0.416 e. The third-order valence-corrected chi connectivity index (χ3v) is 9.53. The topological polar surface area (TPSA) is 176 Å². The molecule has 0 spiro atoms. The fourth-order valence-corrected chi connectivity index (χ4v) is 6.37. The van der Waals surface area contributed by atoms with E-state index in [1.165, 1.54) is 17.2 Å². The number of aromatic nitrogens is 3. The first-order valence-corrected chi connectivity index (χ1v) is 18.5. The van der Waals surface area contributed by atoms with Gasteiger partial charge in [0.15, 0.2) is 0 Å². The maximum atomic E-state index is 13.8. The molecule has 2 aromatic heterocycles. The number of ketones is 1. The van der Waals surface area contributed by atoms with Crippen LogP contribution in [0.4, 0.5) is 13.2 Å². The number of Topliss-reactive ketones (excluding diaryl/α,β-unsaturated/α-hetero) is 1. The van der Waals surface area contributed by atoms with E-state index in [-0.39, 0.29) is 47.8 Å². The molecule has 1 saturated heterocycles. The number of likely N-dealkylation sites (tertiary alicyclic amines) is 1. The number of halogens is 4. The Bertz CT molecular complexity index is 1850. The number of carbonyl (C=O) groups is 5. The van der Waals surface area contributed by atoms with E-state index >= 15 is 0 Å². The molecule has 13 nitrogen and oxygen atoms in total. The summed E-state index contributed by atoms with van der Waals surface area (Å²) in [5.74, 6) is -3.67. The number of benzene rings is 1. The van der Waals surface area contributed by atoms with Gasteiger partial charge in [0.1, 0.15) is 17.8 Å². The number of carbonyl (C=O) groups excluding carboxylic acids is 5. The third kappa shape index (κ3) is 11.6. The van der Waals surface area contributed by atoms with Gasteiger partial charge in [-0.25, -0.2) is 0 Å². The molecule has 0 aliphatic carbocycles. The number of alkyl halides is 3. The molecule has 1 aliphatic heterocycles. The Hall–Kier alpha value is -4.86. The predicted octanol–water partition coefficient (Wildman–Crippen LogP) is 6.03. The zero-order chi connectivity index (χ0) is 40.7. The highest BCUT2D eigenvalue weighted by atomic mass is 35.5. The molecule has 298 valence electrons. The normalized spacial score (nSPS) is 15.9. The summed E-state index contributed by atoms with van der Waals surface area (Å²) in [6, 6.07) is 4.17. The second-order valence-electron chi connectivity index (χ2n) is 15.0. The monoisotopic (exact) mass is 789 g/mol. The molecule has 0 bridgehead atoms. The van der Waals surface area contributed by atoms with Crippen molar-refractivity contribution in [3.8, 4) is 11.5 Å². The van der Waals surface area contributed by atoms with Crippen LogP contribution in [0.3, 0.4) is 0 Å². The number of hydrogen-bond donors (Lipinski definition) is 3. The van der Waals surface area contributed by atoms with Crippen LogP contribution in [0.15, 0.2) is 47.0 Å². The Labute approximate surface area is 322 Å². The number of rotatable bonds is 16. The number of nitrogens with one attached hydrogen (secondary N) is 3. The van der Waals surface area contributed by atoms with Gasteiger partial charge in [0.05, 0.1) is 11.6 Å². The molecule has 1 fully saturated rings. The van der Waals surface area contributed by atoms with Crippen molar-refractivity contribution in [2.24, 2.45) is 11.8 Å². The maximum absolute atomic E-state index is 13.8. The fourth-order valence-electron chi connectivity index (χ4n) is 6.21. The van der Waals surface area contributed by atoms with Crippen LogP contribution in [0.5, 0.6) is 0 Å². The van der Waals surface area contributed by atoms with Crippen LogP contribution < -0.4 is 16.0 Å². The minimum Gasteiger partial charge on any atom is -0.414 e. The average molecular weight is 790 g/mol. The van der Waals surface area contributed by atoms with Crippen LogP contribution >= 0.6 is 11.6 Å². The van der Waals surface area contributed by atoms with E-state index in [1.807, 2.05) is 13.8 Å². The molecule has 3 aromatic rings. The molecule has 55 heavy (non-hydrogen) atoms. The minimum absolute atomic E-state index is 0.148. The van der Waals surface area contributed by atoms with E-state index < -0.39 is 64.8 Å². The molecule has 4 amide bonds. The zero-order valence-electron chi connectivity index (χ0n) is 31.6. The summed E-state index contributed by atoms with van der Waals surface area (Å²) in [7, 11) is 0. The highest BCUT2D eigenvalue weighted by Gasteiger charge is 2.41. The second kappa shape index (κ2) is 18.2. The molecule has 4 rings (SSSR count). The lowest BCUT2D eigenvalue weighted by molar-refractivity contribution is -0.142. The van der Waals surface area contributed by atoms with Gasteiger partial charge in [0.25, 0.3) is 11.8 Å². The first-order chi connectivity index (χ1) is 25.8. The fraction of sp³-hybridized carbons (Fsp3) is 0.526. The summed E-state index contributed by atoms with van der Waals surface area (Å²) in [4.78, 5) is 72.1. The Morgan fingerprint density at radius 1 is 0.945 bits per heavy atom. The Kier molecular flexibility index (Phi) is 14.2. The van der Waals surface area contributed by atoms with Crippen molar-refractivity contribution in [2.75, 3.05) is 6.54 Å². The van der Waals surface area contributed by atoms with E-state index in [2.05, 4.69) is 31.1 Å². The molecule has 3 atom stereocenters. The lowest BCUT2D eigenvalue weighted by atomic mass is 9.96. The molecule has 3 heterocycles. The van der Waals surface area contributed by atoms with Crippen LogP contribution in [-0.4, -0.2) is 79.7 Å². The summed E-state index contributed by atoms with van der Waals surface area (Å²) < 4.78 is 44.4. The van der Waals surface area contributed by atoms with Crippen molar-refractivity contribution < 1.29 is 41.6 Å². The minimum atomic E-state index is -4.53. The van der Waals surface area contributed by atoms with E-state index in [0.29, 0.717) is 37.1 Å². The van der Waals surface area contributed by atoms with E-state index in [4.69, 9.17) is 16.0 Å². The average Bonchev–Trinajstić information content (AvgIpc) is 3.81. The first-order valence-electron chi connectivity index (χ1n) is 18.2. The quantitative estimate of drug-likeness (QED) is 0.116. The van der Waals surface area contributed by atoms with Gasteiger partial charge in [-0.1, -0.05) is 45.7 Å². The Balaban J connectivity index is 1.32. The number of pyridine rings is 1. The molecule has 17 heteroatoms. The van der Waals surface area contributed by atoms with Crippen molar-refractivity contribution in [1.29, 1.82) is 0 Å². The number of hydrogen-bond acceptors (Lipinski definition) is 9. The third-order valence-electron chi connectivity index (χ3n) is 9.29. The van der Waals surface area contributed by atoms with E-state index in [9.17, 15) is 37.1 Å². The zero-order valence-corrected chi connectivity index (χ0v) is 32.4. The lowest BCUT2D eigenvalue weighted by Crippen LogP contribution is -2.57. The highest BCUT2D eigenvalue weighted by Crippen LogP contribution is 2.31. The van der Waals surface area contributed by atoms with Gasteiger partial charge in [0.2, 0.25) is 29.4 Å². The predicted molar refractivity (Wildman–Crippen MR) is 197 cm³/mol. The number of nitrogens with zero attached hydrogens (tertiary/aromatic N) is 4. The van der Waals surface area contributed by atoms with Gasteiger partial charge in [-0.05, 0) is 87.8 Å². The lowest BCUT2D eigenvalue weighted by Gasteiger charge is -2.31. The number of unbranched alkanes of at least 4 members (excludes halogenated alkanes) is 1. The number of amides is 4. The van der Waals surface area contributed by atoms with Crippen molar-refractivity contribution in [3.05, 3.63) is 64.8 Å². The molecular formula is C38H47ClF3N7O6. The van der Waals surface area contributed by atoms with Crippen molar-refractivity contribution in [1.82, 2.24) is 36.0 Å². The van der Waals surface area contributed by atoms with Gasteiger partial charge in [0, 0.05) is 35.3 Å². The smallest absolute Gasteiger partial charge is 0.414 e. The largest absolute Gasteiger partial charge is 0.416 e. The molecule has 1 aromatic carbocycles. The van der Waals surface area contributed by atoms with Crippen molar-refractivity contribution in [2.45, 2.75) is 110 Å². The summed E-state index contributed by atoms with van der Waals surface area (Å²) in [6.07, 6.45) is -0.351. The molecule has 0 saturated carbocycles.